The second kappa shape index (κ2) is 6.90. The number of hydrogen-bond acceptors (Lipinski definition) is 4. The van der Waals surface area contributed by atoms with E-state index in [-0.39, 0.29) is 31.1 Å². The highest BCUT2D eigenvalue weighted by Gasteiger charge is 2.42. The number of ketones is 1. The van der Waals surface area contributed by atoms with Crippen molar-refractivity contribution in [3.63, 3.8) is 0 Å². The van der Waals surface area contributed by atoms with E-state index in [9.17, 15) is 14.7 Å². The normalized spacial score (nSPS) is 26.7. The van der Waals surface area contributed by atoms with Crippen molar-refractivity contribution in [2.45, 2.75) is 44.1 Å². The van der Waals surface area contributed by atoms with Gasteiger partial charge in [0.1, 0.15) is 5.78 Å². The average molecular weight is 325 g/mol. The molecule has 0 saturated heterocycles. The Labute approximate surface area is 135 Å². The van der Waals surface area contributed by atoms with Gasteiger partial charge in [0.2, 0.25) is 5.24 Å². The summed E-state index contributed by atoms with van der Waals surface area (Å²) in [6.07, 6.45) is 0.729. The predicted octanol–water partition coefficient (Wildman–Crippen LogP) is 1.97. The molecule has 120 valence electrons. The van der Waals surface area contributed by atoms with Crippen LogP contribution in [0.5, 0.6) is 0 Å². The first-order valence-electron chi connectivity index (χ1n) is 7.47. The van der Waals surface area contributed by atoms with E-state index in [2.05, 4.69) is 0 Å². The maximum Gasteiger partial charge on any atom is 0.226 e. The van der Waals surface area contributed by atoms with E-state index >= 15 is 0 Å². The number of rotatable bonds is 5. The molecule has 2 rings (SSSR count). The molecule has 1 aliphatic rings. The summed E-state index contributed by atoms with van der Waals surface area (Å²) in [6.45, 7) is 1.56. The van der Waals surface area contributed by atoms with Crippen LogP contribution in [0.2, 0.25) is 0 Å². The number of benzene rings is 1. The van der Waals surface area contributed by atoms with Crippen molar-refractivity contribution in [2.24, 2.45) is 5.92 Å². The molecular weight excluding hydrogens is 304 g/mol. The predicted molar refractivity (Wildman–Crippen MR) is 83.8 cm³/mol. The van der Waals surface area contributed by atoms with Crippen molar-refractivity contribution >= 4 is 22.6 Å². The Morgan fingerprint density at radius 2 is 2.14 bits per heavy atom. The van der Waals surface area contributed by atoms with Crippen LogP contribution in [-0.2, 0) is 21.4 Å². The summed E-state index contributed by atoms with van der Waals surface area (Å²) >= 11 is 5.50. The molecule has 0 spiro atoms. The minimum absolute atomic E-state index is 0.0331. The van der Waals surface area contributed by atoms with Gasteiger partial charge in [-0.15, -0.1) is 0 Å². The van der Waals surface area contributed by atoms with Crippen LogP contribution < -0.4 is 0 Å². The van der Waals surface area contributed by atoms with E-state index < -0.39 is 16.8 Å². The summed E-state index contributed by atoms with van der Waals surface area (Å²) in [4.78, 5) is 23.9. The van der Waals surface area contributed by atoms with Gasteiger partial charge in [0.25, 0.3) is 0 Å². The third-order valence-corrected chi connectivity index (χ3v) is 4.88. The second-order valence-corrected chi connectivity index (χ2v) is 6.62. The molecule has 4 nitrogen and oxygen atoms in total. The van der Waals surface area contributed by atoms with Crippen LogP contribution in [0.1, 0.15) is 37.3 Å². The number of aliphatic hydroxyl groups excluding tert-OH is 2. The van der Waals surface area contributed by atoms with Gasteiger partial charge in [0.05, 0.1) is 18.1 Å². The van der Waals surface area contributed by atoms with Crippen LogP contribution in [0.4, 0.5) is 0 Å². The van der Waals surface area contributed by atoms with Crippen LogP contribution in [0.3, 0.4) is 0 Å². The molecule has 0 radical (unpaired) electrons. The number of halogens is 1. The zero-order chi connectivity index (χ0) is 16.3. The highest BCUT2D eigenvalue weighted by atomic mass is 35.5. The van der Waals surface area contributed by atoms with Crippen molar-refractivity contribution in [1.29, 1.82) is 0 Å². The van der Waals surface area contributed by atoms with E-state index in [0.717, 1.165) is 11.1 Å². The molecule has 0 heterocycles. The molecule has 22 heavy (non-hydrogen) atoms. The fraction of sp³-hybridized carbons (Fsp3) is 0.529. The zero-order valence-electron chi connectivity index (χ0n) is 12.6. The molecule has 1 aromatic rings. The van der Waals surface area contributed by atoms with Gasteiger partial charge < -0.3 is 10.2 Å². The molecule has 0 aromatic heterocycles. The third-order valence-electron chi connectivity index (χ3n) is 4.75. The van der Waals surface area contributed by atoms with Crippen molar-refractivity contribution in [3.8, 4) is 0 Å². The quantitative estimate of drug-likeness (QED) is 0.812. The Morgan fingerprint density at radius 3 is 2.73 bits per heavy atom. The first-order chi connectivity index (χ1) is 10.4. The third kappa shape index (κ3) is 3.40. The molecule has 0 amide bonds. The number of aliphatic hydroxyl groups is 2. The lowest BCUT2D eigenvalue weighted by molar-refractivity contribution is -0.129. The van der Waals surface area contributed by atoms with Crippen LogP contribution in [0.25, 0.3) is 0 Å². The molecular formula is C17H21ClO4. The van der Waals surface area contributed by atoms with Crippen molar-refractivity contribution in [1.82, 2.24) is 0 Å². The number of hydrogen-bond donors (Lipinski definition) is 2. The highest BCUT2D eigenvalue weighted by Crippen LogP contribution is 2.41. The summed E-state index contributed by atoms with van der Waals surface area (Å²) in [6, 6.07) is 7.37. The standard InChI is InChI=1S/C17H21ClO4/c1-17(7-6-12(8-15(17)21)14(20)10-19)13-5-3-2-4-11(13)9-16(18)22/h2-5,12,14,19-20H,6-10H2,1H3. The van der Waals surface area contributed by atoms with Crippen LogP contribution in [-0.4, -0.2) is 33.9 Å². The smallest absolute Gasteiger partial charge is 0.226 e. The topological polar surface area (TPSA) is 74.6 Å². The first kappa shape index (κ1) is 17.1. The summed E-state index contributed by atoms with van der Waals surface area (Å²) in [7, 11) is 0. The molecule has 0 bridgehead atoms. The minimum Gasteiger partial charge on any atom is -0.394 e. The Balaban J connectivity index is 2.29. The van der Waals surface area contributed by atoms with E-state index in [0.29, 0.717) is 12.8 Å². The lowest BCUT2D eigenvalue weighted by Gasteiger charge is -2.38. The van der Waals surface area contributed by atoms with E-state index in [1.807, 2.05) is 31.2 Å². The van der Waals surface area contributed by atoms with Crippen LogP contribution in [0, 0.1) is 5.92 Å². The molecule has 1 fully saturated rings. The van der Waals surface area contributed by atoms with Crippen molar-refractivity contribution < 1.29 is 19.8 Å². The summed E-state index contributed by atoms with van der Waals surface area (Å²) in [5, 5.41) is 18.3. The van der Waals surface area contributed by atoms with Gasteiger partial charge in [-0.25, -0.2) is 0 Å². The first-order valence-corrected chi connectivity index (χ1v) is 7.85. The maximum absolute atomic E-state index is 12.7. The van der Waals surface area contributed by atoms with Gasteiger partial charge in [-0.3, -0.25) is 9.59 Å². The monoisotopic (exact) mass is 324 g/mol. The molecule has 1 aromatic carbocycles. The van der Waals surface area contributed by atoms with E-state index in [4.69, 9.17) is 16.7 Å². The van der Waals surface area contributed by atoms with Gasteiger partial charge >= 0.3 is 0 Å². The molecule has 0 aliphatic heterocycles. The molecule has 5 heteroatoms. The zero-order valence-corrected chi connectivity index (χ0v) is 13.3. The number of carbonyl (C=O) groups is 2. The second-order valence-electron chi connectivity index (χ2n) is 6.20. The fourth-order valence-electron chi connectivity index (χ4n) is 3.30. The lowest BCUT2D eigenvalue weighted by atomic mass is 9.65. The van der Waals surface area contributed by atoms with Crippen molar-refractivity contribution in [3.05, 3.63) is 35.4 Å². The largest absolute Gasteiger partial charge is 0.394 e. The van der Waals surface area contributed by atoms with Crippen molar-refractivity contribution in [2.75, 3.05) is 6.61 Å². The lowest BCUT2D eigenvalue weighted by Crippen LogP contribution is -2.42. The molecule has 2 N–H and O–H groups in total. The molecule has 1 aliphatic carbocycles. The van der Waals surface area contributed by atoms with Gasteiger partial charge in [0.15, 0.2) is 0 Å². The molecule has 3 atom stereocenters. The van der Waals surface area contributed by atoms with Gasteiger partial charge in [0, 0.05) is 12.8 Å². The summed E-state index contributed by atoms with van der Waals surface area (Å²) < 4.78 is 0. The maximum atomic E-state index is 12.7. The Kier molecular flexibility index (Phi) is 5.37. The highest BCUT2D eigenvalue weighted by molar-refractivity contribution is 6.63. The summed E-state index contributed by atoms with van der Waals surface area (Å²) in [5.41, 5.74) is 0.944. The SMILES string of the molecule is CC1(c2ccccc2CC(=O)Cl)CCC(C(O)CO)CC1=O. The minimum atomic E-state index is -0.854. The Bertz CT molecular complexity index is 572. The summed E-state index contributed by atoms with van der Waals surface area (Å²) in [5.74, 6) is -0.168. The number of carbonyl (C=O) groups excluding carboxylic acids is 2. The van der Waals surface area contributed by atoms with Crippen LogP contribution >= 0.6 is 11.6 Å². The fourth-order valence-corrected chi connectivity index (χ4v) is 3.45. The molecule has 1 saturated carbocycles. The van der Waals surface area contributed by atoms with Crippen LogP contribution in [0.15, 0.2) is 24.3 Å². The van der Waals surface area contributed by atoms with Gasteiger partial charge in [-0.05, 0) is 48.4 Å². The average Bonchev–Trinajstić information content (AvgIpc) is 2.49. The van der Waals surface area contributed by atoms with E-state index in [1.54, 1.807) is 0 Å². The van der Waals surface area contributed by atoms with Gasteiger partial charge in [-0.2, -0.15) is 0 Å². The number of Topliss-reactive ketones (excluding diaryl/α,β-unsaturated/α-hetero) is 1. The van der Waals surface area contributed by atoms with Gasteiger partial charge in [-0.1, -0.05) is 24.3 Å². The Morgan fingerprint density at radius 1 is 1.45 bits per heavy atom. The van der Waals surface area contributed by atoms with E-state index in [1.165, 1.54) is 0 Å². The Hall–Kier alpha value is -1.23. The molecule has 3 unspecified atom stereocenters.